The summed E-state index contributed by atoms with van der Waals surface area (Å²) in [5, 5.41) is 19.5. The number of aryl methyl sites for hydroxylation is 1. The number of nitrogens with zero attached hydrogens (tertiary/aromatic N) is 3. The molecule has 20 heavy (non-hydrogen) atoms. The maximum atomic E-state index is 11.6. The minimum atomic E-state index is -0.299. The number of hydrogen-bond acceptors (Lipinski definition) is 5. The fourth-order valence-corrected chi connectivity index (χ4v) is 2.98. The third-order valence-corrected chi connectivity index (χ3v) is 4.08. The second-order valence-electron chi connectivity index (χ2n) is 5.54. The topological polar surface area (TPSA) is 95.3 Å². The summed E-state index contributed by atoms with van der Waals surface area (Å²) >= 11 is 0. The first-order valence-electron chi connectivity index (χ1n) is 6.97. The highest BCUT2D eigenvalue weighted by Gasteiger charge is 2.31. The number of nitrogens with one attached hydrogen (secondary N) is 2. The van der Waals surface area contributed by atoms with Crippen LogP contribution in [0.5, 0.6) is 0 Å². The van der Waals surface area contributed by atoms with E-state index < -0.39 is 0 Å². The fourth-order valence-electron chi connectivity index (χ4n) is 2.98. The fraction of sp³-hybridized carbons (Fsp3) is 0.615. The predicted molar refractivity (Wildman–Crippen MR) is 74.9 cm³/mol. The van der Waals surface area contributed by atoms with E-state index in [0.29, 0.717) is 17.3 Å². The molecule has 2 aromatic heterocycles. The molecular formula is C13H19N5O2. The van der Waals surface area contributed by atoms with Gasteiger partial charge in [-0.15, -0.1) is 0 Å². The van der Waals surface area contributed by atoms with Crippen molar-refractivity contribution >= 4 is 11.5 Å². The van der Waals surface area contributed by atoms with Crippen molar-refractivity contribution in [3.05, 3.63) is 22.4 Å². The monoisotopic (exact) mass is 277 g/mol. The van der Waals surface area contributed by atoms with Crippen molar-refractivity contribution in [3.8, 4) is 0 Å². The van der Waals surface area contributed by atoms with Crippen LogP contribution in [0.3, 0.4) is 0 Å². The minimum Gasteiger partial charge on any atom is -0.394 e. The molecule has 1 aliphatic carbocycles. The average Bonchev–Trinajstić information content (AvgIpc) is 2.82. The maximum absolute atomic E-state index is 11.6. The number of fused-ring (bicyclic) bond motifs is 1. The van der Waals surface area contributed by atoms with E-state index in [2.05, 4.69) is 20.5 Å². The second kappa shape index (κ2) is 4.90. The summed E-state index contributed by atoms with van der Waals surface area (Å²) in [6.45, 7) is 1.86. The summed E-state index contributed by atoms with van der Waals surface area (Å²) in [5.74, 6) is 1.23. The van der Waals surface area contributed by atoms with E-state index >= 15 is 0 Å². The van der Waals surface area contributed by atoms with E-state index in [0.717, 1.165) is 25.7 Å². The molecule has 0 bridgehead atoms. The summed E-state index contributed by atoms with van der Waals surface area (Å²) in [4.78, 5) is 16.0. The summed E-state index contributed by atoms with van der Waals surface area (Å²) in [6, 6.07) is 1.73. The zero-order valence-corrected chi connectivity index (χ0v) is 11.5. The van der Waals surface area contributed by atoms with Crippen LogP contribution in [0.15, 0.2) is 10.9 Å². The third kappa shape index (κ3) is 2.18. The zero-order valence-electron chi connectivity index (χ0n) is 11.5. The van der Waals surface area contributed by atoms with Crippen LogP contribution in [0.25, 0.3) is 5.65 Å². The molecule has 108 valence electrons. The Hall–Kier alpha value is -1.89. The van der Waals surface area contributed by atoms with Crippen molar-refractivity contribution in [2.45, 2.75) is 44.6 Å². The molecule has 3 rings (SSSR count). The molecule has 0 saturated heterocycles. The smallest absolute Gasteiger partial charge is 0.349 e. The van der Waals surface area contributed by atoms with Crippen molar-refractivity contribution < 1.29 is 5.11 Å². The van der Waals surface area contributed by atoms with Crippen LogP contribution in [-0.2, 0) is 0 Å². The van der Waals surface area contributed by atoms with Gasteiger partial charge in [-0.3, -0.25) is 0 Å². The van der Waals surface area contributed by atoms with Gasteiger partial charge >= 0.3 is 5.69 Å². The van der Waals surface area contributed by atoms with Gasteiger partial charge in [0.25, 0.3) is 0 Å². The van der Waals surface area contributed by atoms with E-state index in [9.17, 15) is 9.90 Å². The Kier molecular flexibility index (Phi) is 3.21. The molecule has 1 fully saturated rings. The minimum absolute atomic E-state index is 0.0896. The molecule has 0 aliphatic heterocycles. The van der Waals surface area contributed by atoms with E-state index in [1.54, 1.807) is 13.0 Å². The first-order valence-corrected chi connectivity index (χ1v) is 6.97. The molecule has 1 saturated carbocycles. The quantitative estimate of drug-likeness (QED) is 0.772. The van der Waals surface area contributed by atoms with Gasteiger partial charge in [-0.05, 0) is 19.8 Å². The molecule has 0 amide bonds. The van der Waals surface area contributed by atoms with E-state index in [-0.39, 0.29) is 17.8 Å². The molecule has 2 aromatic rings. The van der Waals surface area contributed by atoms with Gasteiger partial charge in [0.15, 0.2) is 5.65 Å². The molecule has 7 heteroatoms. The van der Waals surface area contributed by atoms with Crippen LogP contribution in [0.4, 0.5) is 5.82 Å². The van der Waals surface area contributed by atoms with Crippen molar-refractivity contribution in [3.63, 3.8) is 0 Å². The molecule has 3 N–H and O–H groups in total. The maximum Gasteiger partial charge on any atom is 0.349 e. The van der Waals surface area contributed by atoms with Gasteiger partial charge in [0.1, 0.15) is 11.6 Å². The molecule has 0 unspecified atom stereocenters. The van der Waals surface area contributed by atoms with E-state index in [1.807, 2.05) is 0 Å². The number of rotatable bonds is 3. The van der Waals surface area contributed by atoms with E-state index in [1.165, 1.54) is 10.8 Å². The Bertz CT molecular complexity index is 669. The Morgan fingerprint density at radius 3 is 2.90 bits per heavy atom. The van der Waals surface area contributed by atoms with E-state index in [4.69, 9.17) is 0 Å². The molecule has 7 nitrogen and oxygen atoms in total. The number of aliphatic hydroxyl groups excluding tert-OH is 1. The first-order chi connectivity index (χ1) is 9.63. The first kappa shape index (κ1) is 13.1. The molecule has 2 heterocycles. The Morgan fingerprint density at radius 1 is 1.45 bits per heavy atom. The van der Waals surface area contributed by atoms with Crippen molar-refractivity contribution in [2.24, 2.45) is 0 Å². The largest absolute Gasteiger partial charge is 0.394 e. The molecule has 0 spiro atoms. The van der Waals surface area contributed by atoms with Crippen molar-refractivity contribution in [1.82, 2.24) is 19.6 Å². The number of aliphatic hydroxyl groups is 1. The Balaban J connectivity index is 1.96. The van der Waals surface area contributed by atoms with Crippen LogP contribution in [0, 0.1) is 6.92 Å². The van der Waals surface area contributed by atoms with Crippen LogP contribution >= 0.6 is 0 Å². The molecule has 1 aliphatic rings. The number of anilines is 1. The highest BCUT2D eigenvalue weighted by Crippen LogP contribution is 2.31. The number of aromatic amines is 1. The highest BCUT2D eigenvalue weighted by atomic mass is 16.3. The summed E-state index contributed by atoms with van der Waals surface area (Å²) in [5.41, 5.74) is -0.0490. The van der Waals surface area contributed by atoms with Crippen LogP contribution in [0.1, 0.15) is 37.9 Å². The normalized spacial score (nSPS) is 18.3. The predicted octanol–water partition coefficient (Wildman–Crippen LogP) is 0.833. The zero-order chi connectivity index (χ0) is 14.2. The summed E-state index contributed by atoms with van der Waals surface area (Å²) in [6.07, 6.45) is 5.29. The lowest BCUT2D eigenvalue weighted by Gasteiger charge is -2.37. The summed E-state index contributed by atoms with van der Waals surface area (Å²) in [7, 11) is 0. The van der Waals surface area contributed by atoms with Gasteiger partial charge in [0, 0.05) is 6.07 Å². The van der Waals surface area contributed by atoms with Gasteiger partial charge < -0.3 is 10.4 Å². The van der Waals surface area contributed by atoms with Gasteiger partial charge in [0.2, 0.25) is 0 Å². The van der Waals surface area contributed by atoms with Gasteiger partial charge in [0.05, 0.1) is 12.1 Å². The SMILES string of the molecule is Cc1nc(NC2(CO)CCCCC2)cc2n[nH]c(=O)n12. The number of hydrogen-bond donors (Lipinski definition) is 3. The average molecular weight is 277 g/mol. The lowest BCUT2D eigenvalue weighted by molar-refractivity contribution is 0.172. The third-order valence-electron chi connectivity index (χ3n) is 4.08. The second-order valence-corrected chi connectivity index (χ2v) is 5.54. The van der Waals surface area contributed by atoms with Crippen LogP contribution < -0.4 is 11.0 Å². The number of aromatic nitrogens is 4. The van der Waals surface area contributed by atoms with Gasteiger partial charge in [-0.1, -0.05) is 19.3 Å². The Morgan fingerprint density at radius 2 is 2.20 bits per heavy atom. The lowest BCUT2D eigenvalue weighted by Crippen LogP contribution is -2.44. The lowest BCUT2D eigenvalue weighted by atomic mass is 9.82. The molecule has 0 atom stereocenters. The standard InChI is InChI=1S/C13H19N5O2/c1-9-14-10(7-11-16-17-12(20)18(9)11)15-13(8-19)5-3-2-4-6-13/h7,15,19H,2-6,8H2,1H3,(H,17,20). The van der Waals surface area contributed by atoms with Crippen molar-refractivity contribution in [1.29, 1.82) is 0 Å². The summed E-state index contributed by atoms with van der Waals surface area (Å²) < 4.78 is 1.43. The van der Waals surface area contributed by atoms with Gasteiger partial charge in [-0.25, -0.2) is 19.3 Å². The molecule has 0 radical (unpaired) electrons. The number of H-pyrrole nitrogens is 1. The van der Waals surface area contributed by atoms with Crippen LogP contribution in [-0.4, -0.2) is 36.8 Å². The Labute approximate surface area is 116 Å². The van der Waals surface area contributed by atoms with Crippen LogP contribution in [0.2, 0.25) is 0 Å². The highest BCUT2D eigenvalue weighted by molar-refractivity contribution is 5.51. The molecule has 0 aromatic carbocycles. The van der Waals surface area contributed by atoms with Crippen molar-refractivity contribution in [2.75, 3.05) is 11.9 Å². The van der Waals surface area contributed by atoms with Gasteiger partial charge in [-0.2, -0.15) is 5.10 Å². The molecular weight excluding hydrogens is 258 g/mol.